The molecule has 0 aromatic heterocycles. The van der Waals surface area contributed by atoms with Crippen molar-refractivity contribution < 1.29 is 0 Å². The van der Waals surface area contributed by atoms with Crippen molar-refractivity contribution in [1.29, 1.82) is 0 Å². The van der Waals surface area contributed by atoms with Gasteiger partial charge in [-0.1, -0.05) is 24.2 Å². The second kappa shape index (κ2) is 4.68. The minimum Gasteiger partial charge on any atom is -0.379 e. The average Bonchev–Trinajstić information content (AvgIpc) is 2.06. The van der Waals surface area contributed by atoms with E-state index in [1.54, 1.807) is 0 Å². The van der Waals surface area contributed by atoms with Crippen LogP contribution in [-0.2, 0) is 0 Å². The molecule has 70 valence electrons. The molecule has 13 heavy (non-hydrogen) atoms. The maximum atomic E-state index is 5.65. The van der Waals surface area contributed by atoms with E-state index < -0.39 is 0 Å². The fourth-order valence-electron chi connectivity index (χ4n) is 0.966. The van der Waals surface area contributed by atoms with Crippen molar-refractivity contribution in [1.82, 2.24) is 0 Å². The average molecular weight is 261 g/mol. The van der Waals surface area contributed by atoms with Crippen molar-refractivity contribution in [2.45, 2.75) is 6.92 Å². The smallest absolute Gasteiger partial charge is 0.0502 e. The van der Waals surface area contributed by atoms with Crippen LogP contribution < -0.4 is 5.32 Å². The van der Waals surface area contributed by atoms with Crippen LogP contribution in [0.2, 0.25) is 0 Å². The lowest BCUT2D eigenvalue weighted by Gasteiger charge is -2.08. The highest BCUT2D eigenvalue weighted by molar-refractivity contribution is 9.10. The van der Waals surface area contributed by atoms with Crippen LogP contribution in [0, 0.1) is 6.92 Å². The van der Waals surface area contributed by atoms with Crippen LogP contribution in [0.5, 0.6) is 0 Å². The number of hydrogen-bond donors (Lipinski definition) is 1. The molecule has 0 aliphatic heterocycles. The van der Waals surface area contributed by atoms with Gasteiger partial charge in [0.15, 0.2) is 0 Å². The lowest BCUT2D eigenvalue weighted by Crippen LogP contribution is -2.01. The molecule has 0 unspecified atom stereocenters. The Bertz CT molecular complexity index is 323. The van der Waals surface area contributed by atoms with E-state index in [2.05, 4.69) is 33.9 Å². The van der Waals surface area contributed by atoms with Gasteiger partial charge in [0.2, 0.25) is 0 Å². The van der Waals surface area contributed by atoms with Gasteiger partial charge in [0, 0.05) is 15.2 Å². The summed E-state index contributed by atoms with van der Waals surface area (Å²) in [5.74, 6) is 0. The van der Waals surface area contributed by atoms with Gasteiger partial charge in [-0.25, -0.2) is 0 Å². The van der Waals surface area contributed by atoms with Crippen molar-refractivity contribution in [3.8, 4) is 0 Å². The maximum Gasteiger partial charge on any atom is 0.0502 e. The number of rotatable bonds is 3. The molecule has 0 spiro atoms. The summed E-state index contributed by atoms with van der Waals surface area (Å²) >= 11 is 9.09. The van der Waals surface area contributed by atoms with Gasteiger partial charge < -0.3 is 5.32 Å². The minimum atomic E-state index is 0.587. The molecule has 0 saturated carbocycles. The molecule has 0 atom stereocenters. The van der Waals surface area contributed by atoms with Gasteiger partial charge in [0.05, 0.1) is 6.54 Å². The molecule has 0 aliphatic carbocycles. The van der Waals surface area contributed by atoms with Crippen LogP contribution in [0.3, 0.4) is 0 Å². The second-order valence-corrected chi connectivity index (χ2v) is 4.24. The van der Waals surface area contributed by atoms with Gasteiger partial charge >= 0.3 is 0 Å². The standard InChI is InChI=1S/C10H11BrClN/c1-7-3-4-9(11)10(5-7)13-6-8(2)12/h3-5,13H,2,6H2,1H3. The predicted molar refractivity (Wildman–Crippen MR) is 62.4 cm³/mol. The summed E-state index contributed by atoms with van der Waals surface area (Å²) in [5.41, 5.74) is 2.26. The van der Waals surface area contributed by atoms with Crippen molar-refractivity contribution >= 4 is 33.2 Å². The first-order valence-electron chi connectivity index (χ1n) is 3.93. The van der Waals surface area contributed by atoms with E-state index in [1.165, 1.54) is 5.56 Å². The number of nitrogens with one attached hydrogen (secondary N) is 1. The van der Waals surface area contributed by atoms with E-state index in [0.29, 0.717) is 11.6 Å². The van der Waals surface area contributed by atoms with Gasteiger partial charge in [-0.05, 0) is 40.5 Å². The number of anilines is 1. The summed E-state index contributed by atoms with van der Waals surface area (Å²) in [6.45, 7) is 6.25. The van der Waals surface area contributed by atoms with E-state index in [-0.39, 0.29) is 0 Å². The zero-order valence-electron chi connectivity index (χ0n) is 7.40. The van der Waals surface area contributed by atoms with Gasteiger partial charge in [-0.2, -0.15) is 0 Å². The minimum absolute atomic E-state index is 0.587. The molecule has 0 saturated heterocycles. The number of hydrogen-bond acceptors (Lipinski definition) is 1. The lowest BCUT2D eigenvalue weighted by atomic mass is 10.2. The molecule has 0 aliphatic rings. The van der Waals surface area contributed by atoms with Crippen molar-refractivity contribution in [2.24, 2.45) is 0 Å². The van der Waals surface area contributed by atoms with Gasteiger partial charge in [-0.15, -0.1) is 0 Å². The molecular formula is C10H11BrClN. The summed E-state index contributed by atoms with van der Waals surface area (Å²) < 4.78 is 1.04. The number of aryl methyl sites for hydroxylation is 1. The van der Waals surface area contributed by atoms with Crippen LogP contribution in [0.1, 0.15) is 5.56 Å². The first-order chi connectivity index (χ1) is 6.09. The topological polar surface area (TPSA) is 12.0 Å². The third-order valence-electron chi connectivity index (χ3n) is 1.59. The molecule has 0 fully saturated rings. The molecule has 1 aromatic carbocycles. The Hall–Kier alpha value is -0.470. The highest BCUT2D eigenvalue weighted by Crippen LogP contribution is 2.23. The molecule has 3 heteroatoms. The number of halogens is 2. The van der Waals surface area contributed by atoms with Crippen LogP contribution in [0.25, 0.3) is 0 Å². The van der Waals surface area contributed by atoms with Crippen LogP contribution >= 0.6 is 27.5 Å². The highest BCUT2D eigenvalue weighted by Gasteiger charge is 1.98. The van der Waals surface area contributed by atoms with E-state index in [0.717, 1.165) is 10.2 Å². The molecule has 1 aromatic rings. The summed E-state index contributed by atoms with van der Waals surface area (Å²) in [6.07, 6.45) is 0. The monoisotopic (exact) mass is 259 g/mol. The van der Waals surface area contributed by atoms with Crippen molar-refractivity contribution in [3.63, 3.8) is 0 Å². The summed E-state index contributed by atoms with van der Waals surface area (Å²) in [5, 5.41) is 3.78. The van der Waals surface area contributed by atoms with Crippen LogP contribution in [0.15, 0.2) is 34.3 Å². The fraction of sp³-hybridized carbons (Fsp3) is 0.200. The third kappa shape index (κ3) is 3.41. The SMILES string of the molecule is C=C(Cl)CNc1cc(C)ccc1Br. The van der Waals surface area contributed by atoms with E-state index in [9.17, 15) is 0 Å². The molecule has 0 radical (unpaired) electrons. The first-order valence-corrected chi connectivity index (χ1v) is 5.10. The van der Waals surface area contributed by atoms with E-state index in [1.807, 2.05) is 19.1 Å². The van der Waals surface area contributed by atoms with Crippen LogP contribution in [-0.4, -0.2) is 6.54 Å². The Morgan fingerprint density at radius 1 is 1.62 bits per heavy atom. The molecule has 1 N–H and O–H groups in total. The largest absolute Gasteiger partial charge is 0.379 e. The van der Waals surface area contributed by atoms with E-state index >= 15 is 0 Å². The summed E-state index contributed by atoms with van der Waals surface area (Å²) in [6, 6.07) is 6.11. The molecule has 0 bridgehead atoms. The lowest BCUT2D eigenvalue weighted by molar-refractivity contribution is 1.29. The van der Waals surface area contributed by atoms with E-state index in [4.69, 9.17) is 11.6 Å². The second-order valence-electron chi connectivity index (χ2n) is 2.85. The zero-order chi connectivity index (χ0) is 9.84. The van der Waals surface area contributed by atoms with Crippen molar-refractivity contribution in [2.75, 3.05) is 11.9 Å². The Kier molecular flexibility index (Phi) is 3.82. The zero-order valence-corrected chi connectivity index (χ0v) is 9.74. The molecule has 0 heterocycles. The molecule has 0 amide bonds. The van der Waals surface area contributed by atoms with Gasteiger partial charge in [0.25, 0.3) is 0 Å². The van der Waals surface area contributed by atoms with Crippen molar-refractivity contribution in [3.05, 3.63) is 39.8 Å². The Labute approximate surface area is 91.9 Å². The summed E-state index contributed by atoms with van der Waals surface area (Å²) in [4.78, 5) is 0. The quantitative estimate of drug-likeness (QED) is 0.868. The normalized spacial score (nSPS) is 9.77. The predicted octanol–water partition coefficient (Wildman–Crippen LogP) is 3.92. The number of benzene rings is 1. The summed E-state index contributed by atoms with van der Waals surface area (Å²) in [7, 11) is 0. The van der Waals surface area contributed by atoms with Crippen LogP contribution in [0.4, 0.5) is 5.69 Å². The molecule has 1 nitrogen and oxygen atoms in total. The first kappa shape index (κ1) is 10.6. The maximum absolute atomic E-state index is 5.65. The Morgan fingerprint density at radius 2 is 2.31 bits per heavy atom. The molecule has 1 rings (SSSR count). The third-order valence-corrected chi connectivity index (χ3v) is 2.42. The molecular weight excluding hydrogens is 249 g/mol. The van der Waals surface area contributed by atoms with Gasteiger partial charge in [0.1, 0.15) is 0 Å². The highest BCUT2D eigenvalue weighted by atomic mass is 79.9. The Morgan fingerprint density at radius 3 is 2.92 bits per heavy atom. The Balaban J connectivity index is 2.75. The van der Waals surface area contributed by atoms with Gasteiger partial charge in [-0.3, -0.25) is 0 Å². The fourth-order valence-corrected chi connectivity index (χ4v) is 1.42.